The zero-order chi connectivity index (χ0) is 22.4. The second-order valence-corrected chi connectivity index (χ2v) is 8.30. The van der Waals surface area contributed by atoms with E-state index in [0.29, 0.717) is 13.1 Å². The van der Waals surface area contributed by atoms with Gasteiger partial charge in [0.2, 0.25) is 0 Å². The maximum Gasteiger partial charge on any atom is 0.191 e. The summed E-state index contributed by atoms with van der Waals surface area (Å²) >= 11 is 0. The fourth-order valence-corrected chi connectivity index (χ4v) is 4.02. The van der Waals surface area contributed by atoms with Crippen molar-refractivity contribution in [1.29, 1.82) is 0 Å². The number of aryl methyl sites for hydroxylation is 1. The molecule has 0 aliphatic carbocycles. The van der Waals surface area contributed by atoms with Crippen molar-refractivity contribution in [2.45, 2.75) is 31.5 Å². The first-order chi connectivity index (χ1) is 14.9. The van der Waals surface area contributed by atoms with E-state index in [-0.39, 0.29) is 48.2 Å². The third-order valence-electron chi connectivity index (χ3n) is 5.71. The van der Waals surface area contributed by atoms with Crippen LogP contribution >= 0.6 is 24.0 Å². The van der Waals surface area contributed by atoms with Crippen molar-refractivity contribution in [2.75, 3.05) is 40.8 Å². The number of likely N-dealkylation sites (tertiary alicyclic amines) is 1. The minimum Gasteiger partial charge on any atom is -0.354 e. The highest BCUT2D eigenvalue weighted by Gasteiger charge is 2.23. The Bertz CT molecular complexity index is 867. The van der Waals surface area contributed by atoms with Gasteiger partial charge in [0.05, 0.1) is 12.2 Å². The van der Waals surface area contributed by atoms with Crippen molar-refractivity contribution < 1.29 is 8.78 Å². The Morgan fingerprint density at radius 1 is 1.31 bits per heavy atom. The number of halogens is 3. The molecule has 1 saturated heterocycles. The first kappa shape index (κ1) is 26.5. The molecule has 1 aromatic heterocycles. The molecular weight excluding hydrogens is 527 g/mol. The molecule has 0 amide bonds. The second-order valence-electron chi connectivity index (χ2n) is 8.30. The normalized spacial score (nSPS) is 18.3. The summed E-state index contributed by atoms with van der Waals surface area (Å²) in [4.78, 5) is 8.60. The summed E-state index contributed by atoms with van der Waals surface area (Å²) in [7, 11) is 7.73. The molecule has 2 N–H and O–H groups in total. The minimum atomic E-state index is -0.488. The van der Waals surface area contributed by atoms with Gasteiger partial charge in [-0.2, -0.15) is 5.10 Å². The van der Waals surface area contributed by atoms with Gasteiger partial charge in [0.1, 0.15) is 11.6 Å². The lowest BCUT2D eigenvalue weighted by molar-refractivity contribution is 0.188. The van der Waals surface area contributed by atoms with E-state index in [1.165, 1.54) is 18.2 Å². The van der Waals surface area contributed by atoms with E-state index in [1.54, 1.807) is 11.7 Å². The van der Waals surface area contributed by atoms with E-state index in [9.17, 15) is 8.78 Å². The van der Waals surface area contributed by atoms with Crippen LogP contribution in [0, 0.1) is 11.6 Å². The summed E-state index contributed by atoms with van der Waals surface area (Å²) in [5.41, 5.74) is 1.27. The molecule has 2 aromatic rings. The topological polar surface area (TPSA) is 60.7 Å². The number of nitrogens with zero attached hydrogens (tertiary/aromatic N) is 5. The van der Waals surface area contributed by atoms with Gasteiger partial charge < -0.3 is 15.5 Å². The smallest absolute Gasteiger partial charge is 0.191 e. The lowest BCUT2D eigenvalue weighted by Crippen LogP contribution is -2.51. The summed E-state index contributed by atoms with van der Waals surface area (Å²) in [6, 6.07) is 4.34. The molecule has 7 nitrogen and oxygen atoms in total. The zero-order valence-corrected chi connectivity index (χ0v) is 21.5. The number of likely N-dealkylation sites (N-methyl/N-ethyl adjacent to an activating group) is 1. The Hall–Kier alpha value is -1.79. The van der Waals surface area contributed by atoms with E-state index >= 15 is 0 Å². The van der Waals surface area contributed by atoms with Crippen molar-refractivity contribution in [3.8, 4) is 0 Å². The summed E-state index contributed by atoms with van der Waals surface area (Å²) in [6.45, 7) is 2.47. The molecule has 0 radical (unpaired) electrons. The number of piperidine rings is 1. The van der Waals surface area contributed by atoms with Gasteiger partial charge in [-0.25, -0.2) is 8.78 Å². The second kappa shape index (κ2) is 12.4. The van der Waals surface area contributed by atoms with Crippen LogP contribution in [0.5, 0.6) is 0 Å². The van der Waals surface area contributed by atoms with E-state index < -0.39 is 11.6 Å². The van der Waals surface area contributed by atoms with Gasteiger partial charge >= 0.3 is 0 Å². The van der Waals surface area contributed by atoms with Gasteiger partial charge in [0, 0.05) is 57.1 Å². The monoisotopic (exact) mass is 561 g/mol. The minimum absolute atomic E-state index is 0. The van der Waals surface area contributed by atoms with Gasteiger partial charge in [0.25, 0.3) is 0 Å². The van der Waals surface area contributed by atoms with Gasteiger partial charge in [-0.1, -0.05) is 6.07 Å². The van der Waals surface area contributed by atoms with Crippen molar-refractivity contribution in [1.82, 2.24) is 30.2 Å². The van der Waals surface area contributed by atoms with Gasteiger partial charge in [-0.05, 0) is 45.6 Å². The molecule has 178 valence electrons. The lowest BCUT2D eigenvalue weighted by atomic mass is 10.0. The molecule has 2 heterocycles. The average Bonchev–Trinajstić information content (AvgIpc) is 3.16. The lowest BCUT2D eigenvalue weighted by Gasteiger charge is -2.34. The van der Waals surface area contributed by atoms with Crippen molar-refractivity contribution >= 4 is 29.9 Å². The number of benzene rings is 1. The maximum atomic E-state index is 14.0. The summed E-state index contributed by atoms with van der Waals surface area (Å²) in [5.74, 6) is -0.255. The highest BCUT2D eigenvalue weighted by molar-refractivity contribution is 14.0. The quantitative estimate of drug-likeness (QED) is 0.310. The zero-order valence-electron chi connectivity index (χ0n) is 19.2. The molecule has 1 aliphatic rings. The summed E-state index contributed by atoms with van der Waals surface area (Å²) in [6.07, 6.45) is 5.84. The Kier molecular flexibility index (Phi) is 10.3. The molecule has 2 unspecified atom stereocenters. The summed E-state index contributed by atoms with van der Waals surface area (Å²) < 4.78 is 29.9. The molecule has 0 spiro atoms. The van der Waals surface area contributed by atoms with E-state index in [0.717, 1.165) is 30.9 Å². The molecule has 0 saturated carbocycles. The highest BCUT2D eigenvalue weighted by atomic mass is 127. The van der Waals surface area contributed by atoms with Gasteiger partial charge in [-0.15, -0.1) is 24.0 Å². The van der Waals surface area contributed by atoms with Crippen molar-refractivity contribution in [2.24, 2.45) is 12.0 Å². The fraction of sp³-hybridized carbons (Fsp3) is 0.545. The first-order valence-corrected chi connectivity index (χ1v) is 10.6. The number of hydrogen-bond donors (Lipinski definition) is 2. The van der Waals surface area contributed by atoms with Gasteiger partial charge in [-0.3, -0.25) is 14.6 Å². The first-order valence-electron chi connectivity index (χ1n) is 10.6. The fourth-order valence-electron chi connectivity index (χ4n) is 4.02. The van der Waals surface area contributed by atoms with Crippen LogP contribution in [0.15, 0.2) is 35.6 Å². The number of aromatic nitrogens is 2. The summed E-state index contributed by atoms with van der Waals surface area (Å²) in [5, 5.41) is 11.2. The third kappa shape index (κ3) is 7.11. The number of rotatable bonds is 7. The predicted molar refractivity (Wildman–Crippen MR) is 134 cm³/mol. The molecule has 2 atom stereocenters. The Balaban J connectivity index is 0.00000363. The van der Waals surface area contributed by atoms with E-state index in [1.807, 2.05) is 33.5 Å². The number of nitrogens with one attached hydrogen (secondary N) is 2. The maximum absolute atomic E-state index is 14.0. The average molecular weight is 561 g/mol. The molecular formula is C22H34F2IN7. The Morgan fingerprint density at radius 3 is 2.62 bits per heavy atom. The van der Waals surface area contributed by atoms with Gasteiger partial charge in [0.15, 0.2) is 5.96 Å². The van der Waals surface area contributed by atoms with E-state index in [2.05, 4.69) is 30.5 Å². The molecule has 32 heavy (non-hydrogen) atoms. The number of guanidine groups is 1. The highest BCUT2D eigenvalue weighted by Crippen LogP contribution is 2.19. The molecule has 1 aliphatic heterocycles. The molecule has 3 rings (SSSR count). The van der Waals surface area contributed by atoms with Crippen molar-refractivity contribution in [3.63, 3.8) is 0 Å². The third-order valence-corrected chi connectivity index (χ3v) is 5.71. The van der Waals surface area contributed by atoms with Crippen LogP contribution in [0.25, 0.3) is 0 Å². The molecule has 1 aromatic carbocycles. The van der Waals surface area contributed by atoms with E-state index in [4.69, 9.17) is 0 Å². The molecule has 10 heteroatoms. The largest absolute Gasteiger partial charge is 0.354 e. The van der Waals surface area contributed by atoms with Crippen LogP contribution in [-0.4, -0.2) is 72.4 Å². The predicted octanol–water partition coefficient (Wildman–Crippen LogP) is 2.75. The Morgan fingerprint density at radius 2 is 2.03 bits per heavy atom. The van der Waals surface area contributed by atoms with Crippen LogP contribution in [0.1, 0.15) is 30.0 Å². The van der Waals surface area contributed by atoms with Crippen LogP contribution in [0.2, 0.25) is 0 Å². The van der Waals surface area contributed by atoms with Crippen LogP contribution in [-0.2, 0) is 13.6 Å². The van der Waals surface area contributed by atoms with Crippen molar-refractivity contribution in [3.05, 3.63) is 53.4 Å². The van der Waals surface area contributed by atoms with Crippen LogP contribution < -0.4 is 10.6 Å². The molecule has 1 fully saturated rings. The van der Waals surface area contributed by atoms with Crippen LogP contribution in [0.4, 0.5) is 8.78 Å². The number of aliphatic imine (C=N–C) groups is 1. The SMILES string of the molecule is CN=C(NCC(c1cnn(C)c1)N(C)C)NC1CCCN(Cc2c(F)cccc2F)C1.I. The Labute approximate surface area is 206 Å². The standard InChI is InChI=1S/C22H33F2N7.HI/c1-25-22(26-12-21(29(2)3)16-11-27-30(4)13-16)28-17-7-6-10-31(14-17)15-18-19(23)8-5-9-20(18)24;/h5,8-9,11,13,17,21H,6-7,10,12,14-15H2,1-4H3,(H2,25,26,28);1H. The number of hydrogen-bond acceptors (Lipinski definition) is 4. The molecule has 0 bridgehead atoms. The van der Waals surface area contributed by atoms with Crippen LogP contribution in [0.3, 0.4) is 0 Å².